The lowest BCUT2D eigenvalue weighted by molar-refractivity contribution is -0.157. The molecule has 6 nitrogen and oxygen atoms in total. The van der Waals surface area contributed by atoms with Crippen molar-refractivity contribution in [2.75, 3.05) is 19.4 Å². The van der Waals surface area contributed by atoms with Gasteiger partial charge in [0.25, 0.3) is 5.91 Å². The first kappa shape index (κ1) is 23.3. The van der Waals surface area contributed by atoms with Crippen molar-refractivity contribution in [2.24, 2.45) is 5.41 Å². The maximum atomic E-state index is 15.6. The molecule has 3 aliphatic rings. The van der Waals surface area contributed by atoms with Gasteiger partial charge < -0.3 is 9.64 Å². The van der Waals surface area contributed by atoms with Crippen LogP contribution in [0.15, 0.2) is 36.4 Å². The van der Waals surface area contributed by atoms with Gasteiger partial charge in [-0.25, -0.2) is 26.3 Å². The number of likely N-dealkylation sites (tertiary alicyclic amines) is 1. The van der Waals surface area contributed by atoms with E-state index < -0.39 is 51.1 Å². The molecule has 3 fully saturated rings. The Kier molecular flexibility index (Phi) is 5.73. The molecule has 2 saturated heterocycles. The lowest BCUT2D eigenvalue weighted by Gasteiger charge is -2.34. The summed E-state index contributed by atoms with van der Waals surface area (Å²) >= 11 is 0. The van der Waals surface area contributed by atoms with Crippen molar-refractivity contribution in [1.82, 2.24) is 9.62 Å². The highest BCUT2D eigenvalue weighted by molar-refractivity contribution is 7.88. The number of hydrogen-bond acceptors (Lipinski definition) is 4. The van der Waals surface area contributed by atoms with E-state index in [9.17, 15) is 22.0 Å². The van der Waals surface area contributed by atoms with E-state index in [1.54, 1.807) is 11.0 Å². The lowest BCUT2D eigenvalue weighted by atomic mass is 9.91. The van der Waals surface area contributed by atoms with Crippen LogP contribution in [0.4, 0.5) is 13.2 Å². The van der Waals surface area contributed by atoms with Crippen molar-refractivity contribution < 1.29 is 31.1 Å². The summed E-state index contributed by atoms with van der Waals surface area (Å²) in [6.45, 7) is 0.852. The fourth-order valence-corrected chi connectivity index (χ4v) is 6.04. The van der Waals surface area contributed by atoms with E-state index in [4.69, 9.17) is 4.74 Å². The molecular weight excluding hydrogens is 469 g/mol. The van der Waals surface area contributed by atoms with Gasteiger partial charge in [0.15, 0.2) is 11.6 Å². The number of ether oxygens (including phenoxy) is 1. The van der Waals surface area contributed by atoms with Gasteiger partial charge in [-0.2, -0.15) is 0 Å². The minimum atomic E-state index is -3.60. The third kappa shape index (κ3) is 4.12. The Morgan fingerprint density at radius 2 is 1.76 bits per heavy atom. The molecule has 0 aromatic heterocycles. The van der Waals surface area contributed by atoms with E-state index in [1.165, 1.54) is 24.3 Å². The molecule has 1 saturated carbocycles. The molecule has 0 radical (unpaired) electrons. The Balaban J connectivity index is 1.52. The molecule has 1 aliphatic carbocycles. The zero-order valence-electron chi connectivity index (χ0n) is 18.6. The number of amides is 1. The fourth-order valence-electron chi connectivity index (χ4n) is 5.17. The lowest BCUT2D eigenvalue weighted by Crippen LogP contribution is -2.53. The van der Waals surface area contributed by atoms with E-state index in [-0.39, 0.29) is 29.0 Å². The Morgan fingerprint density at radius 3 is 2.35 bits per heavy atom. The smallest absolute Gasteiger partial charge is 0.252 e. The second-order valence-electron chi connectivity index (χ2n) is 9.50. The normalized spacial score (nSPS) is 25.4. The summed E-state index contributed by atoms with van der Waals surface area (Å²) in [5, 5.41) is 0. The van der Waals surface area contributed by atoms with E-state index >= 15 is 4.39 Å². The standard InChI is InChI=1S/C24H25F3N2O4S/c1-34(31,32)28-22-18(29(13-24(22)9-10-24)23(30)19-8-11-33-19)12-14-4-2-5-15(20(14)26)16-6-3-7-17(25)21(16)27/h2-7,18-19,22,28H,8-13H2,1H3/t18-,19+,22+/m0/s1. The number of benzene rings is 2. The Hall–Kier alpha value is -2.43. The first-order valence-corrected chi connectivity index (χ1v) is 13.1. The molecule has 2 aromatic rings. The van der Waals surface area contributed by atoms with Crippen LogP contribution >= 0.6 is 0 Å². The summed E-state index contributed by atoms with van der Waals surface area (Å²) in [7, 11) is -3.60. The van der Waals surface area contributed by atoms with Crippen LogP contribution in [0.3, 0.4) is 0 Å². The highest BCUT2D eigenvalue weighted by Gasteiger charge is 2.61. The van der Waals surface area contributed by atoms with Crippen LogP contribution in [0.5, 0.6) is 0 Å². The van der Waals surface area contributed by atoms with E-state index in [0.717, 1.165) is 25.2 Å². The summed E-state index contributed by atoms with van der Waals surface area (Å²) in [5.41, 5.74) is -0.500. The number of carbonyl (C=O) groups excluding carboxylic acids is 1. The van der Waals surface area contributed by atoms with Gasteiger partial charge in [-0.05, 0) is 30.9 Å². The minimum Gasteiger partial charge on any atom is -0.368 e. The number of halogens is 3. The van der Waals surface area contributed by atoms with Gasteiger partial charge in [0.1, 0.15) is 11.9 Å². The van der Waals surface area contributed by atoms with Crippen LogP contribution in [0.1, 0.15) is 24.8 Å². The molecule has 1 N–H and O–H groups in total. The fraction of sp³-hybridized carbons (Fsp3) is 0.458. The molecule has 1 amide bonds. The molecule has 5 rings (SSSR count). The molecule has 3 atom stereocenters. The van der Waals surface area contributed by atoms with Crippen LogP contribution in [0, 0.1) is 22.9 Å². The third-order valence-corrected chi connectivity index (χ3v) is 7.85. The summed E-state index contributed by atoms with van der Waals surface area (Å²) in [6, 6.07) is 6.77. The van der Waals surface area contributed by atoms with Gasteiger partial charge in [-0.15, -0.1) is 0 Å². The Bertz CT molecular complexity index is 1240. The van der Waals surface area contributed by atoms with E-state index in [0.29, 0.717) is 19.6 Å². The number of sulfonamides is 1. The molecule has 34 heavy (non-hydrogen) atoms. The summed E-state index contributed by atoms with van der Waals surface area (Å²) < 4.78 is 76.1. The summed E-state index contributed by atoms with van der Waals surface area (Å²) in [4.78, 5) is 14.8. The zero-order valence-corrected chi connectivity index (χ0v) is 19.4. The van der Waals surface area contributed by atoms with Crippen molar-refractivity contribution >= 4 is 15.9 Å². The largest absolute Gasteiger partial charge is 0.368 e. The number of carbonyl (C=O) groups is 1. The SMILES string of the molecule is CS(=O)(=O)N[C@@H]1[C@H](Cc2cccc(-c3cccc(F)c3F)c2F)N(C(=O)[C@H]2CCO2)CC12CC2. The predicted octanol–water partition coefficient (Wildman–Crippen LogP) is 3.01. The monoisotopic (exact) mass is 494 g/mol. The molecular formula is C24H25F3N2O4S. The number of nitrogens with one attached hydrogen (secondary N) is 1. The van der Waals surface area contributed by atoms with Crippen molar-refractivity contribution in [3.05, 3.63) is 59.4 Å². The van der Waals surface area contributed by atoms with Crippen molar-refractivity contribution in [1.29, 1.82) is 0 Å². The van der Waals surface area contributed by atoms with Crippen LogP contribution in [0.2, 0.25) is 0 Å². The van der Waals surface area contributed by atoms with Gasteiger partial charge in [0, 0.05) is 35.5 Å². The second-order valence-corrected chi connectivity index (χ2v) is 11.3. The predicted molar refractivity (Wildman–Crippen MR) is 119 cm³/mol. The average Bonchev–Trinajstić information content (AvgIpc) is 3.45. The molecule has 10 heteroatoms. The van der Waals surface area contributed by atoms with Gasteiger partial charge in [-0.1, -0.05) is 30.3 Å². The molecule has 0 unspecified atom stereocenters. The highest BCUT2D eigenvalue weighted by Crippen LogP contribution is 2.56. The average molecular weight is 495 g/mol. The number of rotatable bonds is 6. The van der Waals surface area contributed by atoms with E-state index in [2.05, 4.69) is 4.72 Å². The molecule has 1 spiro atoms. The topological polar surface area (TPSA) is 75.7 Å². The van der Waals surface area contributed by atoms with Crippen LogP contribution < -0.4 is 4.72 Å². The molecule has 2 aromatic carbocycles. The first-order chi connectivity index (χ1) is 16.1. The number of nitrogens with zero attached hydrogens (tertiary/aromatic N) is 1. The first-order valence-electron chi connectivity index (χ1n) is 11.2. The molecule has 2 aliphatic heterocycles. The van der Waals surface area contributed by atoms with Crippen molar-refractivity contribution in [3.63, 3.8) is 0 Å². The van der Waals surface area contributed by atoms with Crippen molar-refractivity contribution in [2.45, 2.75) is 43.9 Å². The van der Waals surface area contributed by atoms with E-state index in [1.807, 2.05) is 0 Å². The van der Waals surface area contributed by atoms with Gasteiger partial charge in [0.05, 0.1) is 18.9 Å². The van der Waals surface area contributed by atoms with Crippen LogP contribution in [0.25, 0.3) is 11.1 Å². The van der Waals surface area contributed by atoms with Gasteiger partial charge in [-0.3, -0.25) is 4.79 Å². The maximum absolute atomic E-state index is 15.6. The van der Waals surface area contributed by atoms with Gasteiger partial charge in [0.2, 0.25) is 10.0 Å². The highest BCUT2D eigenvalue weighted by atomic mass is 32.2. The quantitative estimate of drug-likeness (QED) is 0.670. The summed E-state index contributed by atoms with van der Waals surface area (Å²) in [5.74, 6) is -3.18. The maximum Gasteiger partial charge on any atom is 0.252 e. The molecule has 0 bridgehead atoms. The zero-order chi connectivity index (χ0) is 24.3. The Labute approximate surface area is 196 Å². The third-order valence-electron chi connectivity index (χ3n) is 7.17. The van der Waals surface area contributed by atoms with Crippen LogP contribution in [-0.2, 0) is 26.0 Å². The minimum absolute atomic E-state index is 0.0179. The van der Waals surface area contributed by atoms with Crippen molar-refractivity contribution in [3.8, 4) is 11.1 Å². The second kappa shape index (κ2) is 8.35. The Morgan fingerprint density at radius 1 is 1.12 bits per heavy atom. The van der Waals surface area contributed by atoms with Crippen LogP contribution in [-0.4, -0.2) is 56.8 Å². The van der Waals surface area contributed by atoms with Gasteiger partial charge >= 0.3 is 0 Å². The molecule has 182 valence electrons. The molecule has 2 heterocycles. The summed E-state index contributed by atoms with van der Waals surface area (Å²) in [6.07, 6.45) is 2.60. The number of hydrogen-bond donors (Lipinski definition) is 1.